The van der Waals surface area contributed by atoms with E-state index in [1.54, 1.807) is 6.07 Å². The lowest BCUT2D eigenvalue weighted by Crippen LogP contribution is -2.19. The SMILES string of the molecule is CC(C(=O)O)c1c(O)c(Br)cc2c1OCCO2. The molecule has 0 radical (unpaired) electrons. The van der Waals surface area contributed by atoms with Crippen LogP contribution in [0, 0.1) is 0 Å². The van der Waals surface area contributed by atoms with Crippen LogP contribution in [0.25, 0.3) is 0 Å². The van der Waals surface area contributed by atoms with Crippen molar-refractivity contribution in [3.8, 4) is 17.2 Å². The fourth-order valence-corrected chi connectivity index (χ4v) is 2.12. The maximum Gasteiger partial charge on any atom is 0.310 e. The van der Waals surface area contributed by atoms with E-state index in [1.807, 2.05) is 0 Å². The van der Waals surface area contributed by atoms with Gasteiger partial charge >= 0.3 is 5.97 Å². The molecule has 0 fully saturated rings. The Labute approximate surface area is 106 Å². The Morgan fingerprint density at radius 3 is 2.76 bits per heavy atom. The molecule has 2 rings (SSSR count). The predicted octanol–water partition coefficient (Wildman–Crippen LogP) is 2.11. The number of phenols is 1. The highest BCUT2D eigenvalue weighted by molar-refractivity contribution is 9.10. The van der Waals surface area contributed by atoms with Gasteiger partial charge in [0.2, 0.25) is 0 Å². The van der Waals surface area contributed by atoms with Crippen molar-refractivity contribution in [1.29, 1.82) is 0 Å². The molecular weight excluding hydrogens is 292 g/mol. The van der Waals surface area contributed by atoms with Crippen LogP contribution in [0.3, 0.4) is 0 Å². The maximum atomic E-state index is 11.0. The molecule has 1 atom stereocenters. The Kier molecular flexibility index (Phi) is 3.15. The molecule has 2 N–H and O–H groups in total. The van der Waals surface area contributed by atoms with Gasteiger partial charge in [0.1, 0.15) is 19.0 Å². The van der Waals surface area contributed by atoms with Crippen LogP contribution >= 0.6 is 15.9 Å². The van der Waals surface area contributed by atoms with Crippen molar-refractivity contribution in [3.63, 3.8) is 0 Å². The van der Waals surface area contributed by atoms with Crippen molar-refractivity contribution < 1.29 is 24.5 Å². The minimum atomic E-state index is -1.03. The molecule has 92 valence electrons. The zero-order valence-electron chi connectivity index (χ0n) is 9.07. The summed E-state index contributed by atoms with van der Waals surface area (Å²) in [5.41, 5.74) is 0.238. The normalized spacial score (nSPS) is 15.4. The van der Waals surface area contributed by atoms with E-state index in [4.69, 9.17) is 14.6 Å². The van der Waals surface area contributed by atoms with E-state index in [0.717, 1.165) is 0 Å². The van der Waals surface area contributed by atoms with Crippen molar-refractivity contribution in [2.45, 2.75) is 12.8 Å². The number of carboxylic acid groups (broad SMARTS) is 1. The number of fused-ring (bicyclic) bond motifs is 1. The first-order valence-corrected chi connectivity index (χ1v) is 5.85. The second-order valence-electron chi connectivity index (χ2n) is 3.70. The number of benzene rings is 1. The first-order valence-electron chi connectivity index (χ1n) is 5.06. The molecule has 1 aromatic carbocycles. The summed E-state index contributed by atoms with van der Waals surface area (Å²) in [6, 6.07) is 1.57. The molecule has 1 aromatic rings. The van der Waals surface area contributed by atoms with Crippen molar-refractivity contribution >= 4 is 21.9 Å². The van der Waals surface area contributed by atoms with Gasteiger partial charge in [-0.05, 0) is 22.9 Å². The molecule has 0 amide bonds. The summed E-state index contributed by atoms with van der Waals surface area (Å²) < 4.78 is 11.2. The van der Waals surface area contributed by atoms with Crippen molar-refractivity contribution in [2.24, 2.45) is 0 Å². The van der Waals surface area contributed by atoms with Crippen LogP contribution in [-0.2, 0) is 4.79 Å². The Bertz CT molecular complexity index is 471. The number of hydrogen-bond donors (Lipinski definition) is 2. The lowest BCUT2D eigenvalue weighted by molar-refractivity contribution is -0.138. The molecule has 1 unspecified atom stereocenters. The molecule has 17 heavy (non-hydrogen) atoms. The minimum Gasteiger partial charge on any atom is -0.506 e. The Hall–Kier alpha value is -1.43. The summed E-state index contributed by atoms with van der Waals surface area (Å²) in [7, 11) is 0. The van der Waals surface area contributed by atoms with E-state index >= 15 is 0 Å². The molecule has 0 saturated heterocycles. The average molecular weight is 303 g/mol. The van der Waals surface area contributed by atoms with Gasteiger partial charge in [-0.2, -0.15) is 0 Å². The number of aliphatic carboxylic acids is 1. The van der Waals surface area contributed by atoms with Gasteiger partial charge in [-0.3, -0.25) is 4.79 Å². The highest BCUT2D eigenvalue weighted by atomic mass is 79.9. The zero-order chi connectivity index (χ0) is 12.6. The second-order valence-corrected chi connectivity index (χ2v) is 4.56. The lowest BCUT2D eigenvalue weighted by atomic mass is 9.98. The summed E-state index contributed by atoms with van der Waals surface area (Å²) in [6.07, 6.45) is 0. The lowest BCUT2D eigenvalue weighted by Gasteiger charge is -2.23. The fourth-order valence-electron chi connectivity index (χ4n) is 1.69. The number of carboxylic acids is 1. The first kappa shape index (κ1) is 12.0. The molecule has 6 heteroatoms. The minimum absolute atomic E-state index is 0.121. The molecule has 0 bridgehead atoms. The van der Waals surface area contributed by atoms with Gasteiger partial charge in [-0.25, -0.2) is 0 Å². The monoisotopic (exact) mass is 302 g/mol. The molecule has 0 spiro atoms. The zero-order valence-corrected chi connectivity index (χ0v) is 10.7. The topological polar surface area (TPSA) is 76.0 Å². The fraction of sp³-hybridized carbons (Fsp3) is 0.364. The Morgan fingerprint density at radius 2 is 2.12 bits per heavy atom. The smallest absolute Gasteiger partial charge is 0.310 e. The number of halogens is 1. The highest BCUT2D eigenvalue weighted by Crippen LogP contribution is 2.47. The Morgan fingerprint density at radius 1 is 1.47 bits per heavy atom. The van der Waals surface area contributed by atoms with Crippen molar-refractivity contribution in [2.75, 3.05) is 13.2 Å². The molecule has 5 nitrogen and oxygen atoms in total. The van der Waals surface area contributed by atoms with E-state index in [0.29, 0.717) is 29.2 Å². The number of rotatable bonds is 2. The van der Waals surface area contributed by atoms with E-state index in [-0.39, 0.29) is 11.3 Å². The molecule has 1 heterocycles. The van der Waals surface area contributed by atoms with Crippen LogP contribution in [0.5, 0.6) is 17.2 Å². The van der Waals surface area contributed by atoms with E-state index in [2.05, 4.69) is 15.9 Å². The number of phenolic OH excluding ortho intramolecular Hbond substituents is 1. The summed E-state index contributed by atoms with van der Waals surface area (Å²) in [5.74, 6) is -1.27. The van der Waals surface area contributed by atoms with Gasteiger partial charge in [-0.1, -0.05) is 0 Å². The Balaban J connectivity index is 2.62. The second kappa shape index (κ2) is 4.44. The van der Waals surface area contributed by atoms with Crippen LogP contribution < -0.4 is 9.47 Å². The molecule has 1 aliphatic heterocycles. The predicted molar refractivity (Wildman–Crippen MR) is 62.8 cm³/mol. The number of aromatic hydroxyl groups is 1. The van der Waals surface area contributed by atoms with Gasteiger partial charge in [0, 0.05) is 6.07 Å². The summed E-state index contributed by atoms with van der Waals surface area (Å²) in [5, 5.41) is 19.0. The van der Waals surface area contributed by atoms with E-state index in [1.165, 1.54) is 6.92 Å². The highest BCUT2D eigenvalue weighted by Gasteiger charge is 2.29. The van der Waals surface area contributed by atoms with Crippen LogP contribution in [0.15, 0.2) is 10.5 Å². The number of ether oxygens (including phenoxy) is 2. The van der Waals surface area contributed by atoms with Gasteiger partial charge < -0.3 is 19.7 Å². The number of carbonyl (C=O) groups is 1. The van der Waals surface area contributed by atoms with Gasteiger partial charge in [0.25, 0.3) is 0 Å². The maximum absolute atomic E-state index is 11.0. The van der Waals surface area contributed by atoms with E-state index in [9.17, 15) is 9.90 Å². The largest absolute Gasteiger partial charge is 0.506 e. The molecule has 1 aliphatic rings. The van der Waals surface area contributed by atoms with Crippen molar-refractivity contribution in [1.82, 2.24) is 0 Å². The van der Waals surface area contributed by atoms with Crippen LogP contribution in [0.2, 0.25) is 0 Å². The molecule has 0 saturated carbocycles. The molecular formula is C11H11BrO5. The third-order valence-corrected chi connectivity index (χ3v) is 3.20. The average Bonchev–Trinajstić information content (AvgIpc) is 2.30. The van der Waals surface area contributed by atoms with Gasteiger partial charge in [0.15, 0.2) is 11.5 Å². The van der Waals surface area contributed by atoms with Crippen LogP contribution in [0.1, 0.15) is 18.4 Å². The van der Waals surface area contributed by atoms with E-state index < -0.39 is 11.9 Å². The third-order valence-electron chi connectivity index (χ3n) is 2.60. The number of hydrogen-bond acceptors (Lipinski definition) is 4. The molecule has 0 aliphatic carbocycles. The standard InChI is InChI=1S/C11H11BrO5/c1-5(11(14)15)8-9(13)6(12)4-7-10(8)17-3-2-16-7/h4-5,13H,2-3H2,1H3,(H,14,15). The quantitative estimate of drug-likeness (QED) is 0.875. The van der Waals surface area contributed by atoms with Crippen molar-refractivity contribution in [3.05, 3.63) is 16.1 Å². The van der Waals surface area contributed by atoms with Crippen LogP contribution in [-0.4, -0.2) is 29.4 Å². The summed E-state index contributed by atoms with van der Waals surface area (Å²) in [4.78, 5) is 11.0. The van der Waals surface area contributed by atoms with Gasteiger partial charge in [0.05, 0.1) is 16.0 Å². The van der Waals surface area contributed by atoms with Crippen LogP contribution in [0.4, 0.5) is 0 Å². The summed E-state index contributed by atoms with van der Waals surface area (Å²) >= 11 is 3.16. The summed E-state index contributed by atoms with van der Waals surface area (Å²) in [6.45, 7) is 2.24. The van der Waals surface area contributed by atoms with Gasteiger partial charge in [-0.15, -0.1) is 0 Å². The third kappa shape index (κ3) is 2.04. The first-order chi connectivity index (χ1) is 8.02. The molecule has 0 aromatic heterocycles.